The number of nitrogens with one attached hydrogen (secondary N) is 2. The van der Waals surface area contributed by atoms with Crippen molar-refractivity contribution in [3.05, 3.63) is 47.3 Å². The van der Waals surface area contributed by atoms with Crippen LogP contribution in [-0.4, -0.2) is 62.5 Å². The minimum Gasteiger partial charge on any atom is -0.477 e. The molecule has 0 radical (unpaired) electrons. The zero-order chi connectivity index (χ0) is 28.2. The van der Waals surface area contributed by atoms with Crippen LogP contribution < -0.4 is 20.3 Å². The number of fused-ring (bicyclic) bond motifs is 9. The number of aryl methyl sites for hydroxylation is 3. The molecule has 3 atom stereocenters. The number of ether oxygens (including phenoxy) is 1. The lowest BCUT2D eigenvalue weighted by Gasteiger charge is -2.36. The van der Waals surface area contributed by atoms with Gasteiger partial charge in [-0.2, -0.15) is 5.10 Å². The molecule has 1 saturated heterocycles. The largest absolute Gasteiger partial charge is 0.477 e. The highest BCUT2D eigenvalue weighted by molar-refractivity contribution is 6.05. The van der Waals surface area contributed by atoms with Gasteiger partial charge in [0.2, 0.25) is 11.8 Å². The van der Waals surface area contributed by atoms with Gasteiger partial charge in [0.25, 0.3) is 5.91 Å². The summed E-state index contributed by atoms with van der Waals surface area (Å²) in [6.07, 6.45) is 3.30. The van der Waals surface area contributed by atoms with Crippen molar-refractivity contribution >= 4 is 28.6 Å². The van der Waals surface area contributed by atoms with E-state index in [1.165, 1.54) is 5.69 Å². The third-order valence-electron chi connectivity index (χ3n) is 8.98. The van der Waals surface area contributed by atoms with Gasteiger partial charge in [-0.25, -0.2) is 9.67 Å². The van der Waals surface area contributed by atoms with Gasteiger partial charge in [0.15, 0.2) is 0 Å². The maximum Gasteiger partial charge on any atom is 0.258 e. The number of nitrogens with zero attached hydrogens (tertiary/aromatic N) is 6. The molecule has 10 heteroatoms. The first kappa shape index (κ1) is 26.0. The van der Waals surface area contributed by atoms with Crippen molar-refractivity contribution in [2.75, 3.05) is 36.5 Å². The van der Waals surface area contributed by atoms with E-state index in [0.29, 0.717) is 47.6 Å². The number of pyridine rings is 1. The van der Waals surface area contributed by atoms with Gasteiger partial charge in [-0.05, 0) is 82.2 Å². The molecule has 3 aromatic heterocycles. The number of hydrogen-bond donors (Lipinski definition) is 2. The summed E-state index contributed by atoms with van der Waals surface area (Å²) in [6, 6.07) is 10.6. The van der Waals surface area contributed by atoms with E-state index in [0.717, 1.165) is 73.4 Å². The van der Waals surface area contributed by atoms with Gasteiger partial charge in [-0.3, -0.25) is 15.1 Å². The second-order valence-corrected chi connectivity index (χ2v) is 12.0. The number of hydrogen-bond acceptors (Lipinski definition) is 7. The summed E-state index contributed by atoms with van der Waals surface area (Å²) in [5.74, 6) is 2.03. The molecule has 0 unspecified atom stereocenters. The van der Waals surface area contributed by atoms with E-state index in [2.05, 4.69) is 50.3 Å². The monoisotopic (exact) mass is 554 g/mol. The summed E-state index contributed by atoms with van der Waals surface area (Å²) in [6.45, 7) is 10.5. The van der Waals surface area contributed by atoms with Gasteiger partial charge in [0, 0.05) is 56.2 Å². The predicted molar refractivity (Wildman–Crippen MR) is 160 cm³/mol. The van der Waals surface area contributed by atoms with E-state index in [-0.39, 0.29) is 5.91 Å². The van der Waals surface area contributed by atoms with Crippen LogP contribution in [0.4, 0.5) is 11.6 Å². The number of carbonyl (C=O) groups is 1. The number of anilines is 2. The Bertz CT molecular complexity index is 1640. The van der Waals surface area contributed by atoms with Crippen LogP contribution in [0.25, 0.3) is 22.3 Å². The Balaban J connectivity index is 1.33. The normalized spacial score (nSPS) is 22.9. The highest BCUT2D eigenvalue weighted by Gasteiger charge is 2.30. The van der Waals surface area contributed by atoms with Crippen LogP contribution in [0.2, 0.25) is 0 Å². The Labute approximate surface area is 240 Å². The van der Waals surface area contributed by atoms with Gasteiger partial charge in [-0.15, -0.1) is 0 Å². The Hall–Kier alpha value is -3.92. The fourth-order valence-corrected chi connectivity index (χ4v) is 6.94. The molecule has 4 aromatic rings. The molecule has 2 fully saturated rings. The van der Waals surface area contributed by atoms with Crippen molar-refractivity contribution in [3.63, 3.8) is 0 Å². The first-order valence-electron chi connectivity index (χ1n) is 14.8. The van der Waals surface area contributed by atoms with Crippen LogP contribution in [0.5, 0.6) is 5.88 Å². The maximum atomic E-state index is 13.8. The molecule has 10 nitrogen and oxygen atoms in total. The highest BCUT2D eigenvalue weighted by atomic mass is 16.5. The third-order valence-corrected chi connectivity index (χ3v) is 8.98. The molecule has 0 spiro atoms. The van der Waals surface area contributed by atoms with Gasteiger partial charge in [0.1, 0.15) is 0 Å². The van der Waals surface area contributed by atoms with Crippen molar-refractivity contribution in [2.24, 2.45) is 18.9 Å². The van der Waals surface area contributed by atoms with Crippen LogP contribution in [0.3, 0.4) is 0 Å². The molecule has 1 aromatic carbocycles. The first-order chi connectivity index (χ1) is 19.8. The molecule has 5 heterocycles. The van der Waals surface area contributed by atoms with Gasteiger partial charge < -0.3 is 19.5 Å². The number of amides is 1. The lowest BCUT2D eigenvalue weighted by atomic mass is 10.1. The van der Waals surface area contributed by atoms with Crippen LogP contribution in [-0.2, 0) is 13.6 Å². The van der Waals surface area contributed by atoms with Crippen molar-refractivity contribution in [3.8, 4) is 17.1 Å². The summed E-state index contributed by atoms with van der Waals surface area (Å²) < 4.78 is 10.5. The Kier molecular flexibility index (Phi) is 6.45. The van der Waals surface area contributed by atoms with E-state index in [9.17, 15) is 4.79 Å². The highest BCUT2D eigenvalue weighted by Crippen LogP contribution is 2.38. The summed E-state index contributed by atoms with van der Waals surface area (Å²) in [5, 5.41) is 11.3. The molecule has 41 heavy (non-hydrogen) atoms. The van der Waals surface area contributed by atoms with Crippen molar-refractivity contribution in [1.29, 1.82) is 0 Å². The summed E-state index contributed by atoms with van der Waals surface area (Å²) in [4.78, 5) is 26.0. The lowest BCUT2D eigenvalue weighted by molar-refractivity contribution is 0.102. The standard InChI is InChI=1S/C31H38N8O2/c1-18-11-23-13-26(33-18)28-20(3)36-37(4)30(28)41-17-22-6-5-21(12-22)16-39-27-14-24(38-10-9-32-15-19(38)2)7-8-25(27)34-31(39)35-29(23)40/h7-8,11,13-14,19,21-22,32H,5-6,9-10,12,15-17H2,1-4H3,(H,34,35,40)/t19-,21+,22-/m0/s1. The topological polar surface area (TPSA) is 102 Å². The minimum absolute atomic E-state index is 0.201. The molecule has 3 aliphatic rings. The summed E-state index contributed by atoms with van der Waals surface area (Å²) in [7, 11) is 1.90. The molecule has 1 saturated carbocycles. The van der Waals surface area contributed by atoms with Gasteiger partial charge in [0.05, 0.1) is 34.6 Å². The quantitative estimate of drug-likeness (QED) is 0.362. The van der Waals surface area contributed by atoms with Crippen molar-refractivity contribution in [2.45, 2.75) is 52.6 Å². The maximum absolute atomic E-state index is 13.8. The van der Waals surface area contributed by atoms with E-state index in [1.54, 1.807) is 4.68 Å². The molecule has 2 aliphatic heterocycles. The Morgan fingerprint density at radius 2 is 1.93 bits per heavy atom. The smallest absolute Gasteiger partial charge is 0.258 e. The fraction of sp³-hybridized carbons (Fsp3) is 0.484. The lowest BCUT2D eigenvalue weighted by Crippen LogP contribution is -2.49. The number of aromatic nitrogens is 5. The van der Waals surface area contributed by atoms with Gasteiger partial charge in [-0.1, -0.05) is 0 Å². The van der Waals surface area contributed by atoms with Crippen LogP contribution in [0.1, 0.15) is 47.9 Å². The molecular weight excluding hydrogens is 516 g/mol. The average Bonchev–Trinajstić information content (AvgIpc) is 3.62. The Morgan fingerprint density at radius 1 is 1.07 bits per heavy atom. The SMILES string of the molecule is Cc1cc2cc(n1)-c1c(C)nn(C)c1OC[C@H]1CC[C@H](C1)Cn1c(nc3ccc(N4CCNC[C@@H]4C)cc31)NC2=O. The average molecular weight is 555 g/mol. The van der Waals surface area contributed by atoms with E-state index in [4.69, 9.17) is 14.7 Å². The zero-order valence-corrected chi connectivity index (χ0v) is 24.3. The summed E-state index contributed by atoms with van der Waals surface area (Å²) >= 11 is 0. The predicted octanol–water partition coefficient (Wildman–Crippen LogP) is 4.31. The van der Waals surface area contributed by atoms with Crippen LogP contribution >= 0.6 is 0 Å². The Morgan fingerprint density at radius 3 is 2.78 bits per heavy atom. The number of benzene rings is 1. The second-order valence-electron chi connectivity index (χ2n) is 12.0. The third kappa shape index (κ3) is 4.73. The number of rotatable bonds is 1. The molecule has 7 rings (SSSR count). The molecule has 1 aliphatic carbocycles. The van der Waals surface area contributed by atoms with E-state index in [1.807, 2.05) is 33.0 Å². The molecule has 1 amide bonds. The molecule has 2 N–H and O–H groups in total. The van der Waals surface area contributed by atoms with Crippen molar-refractivity contribution in [1.82, 2.24) is 29.6 Å². The molecular formula is C31H38N8O2. The molecule has 4 bridgehead atoms. The first-order valence-corrected chi connectivity index (χ1v) is 14.8. The van der Waals surface area contributed by atoms with E-state index < -0.39 is 0 Å². The summed E-state index contributed by atoms with van der Waals surface area (Å²) in [5.41, 5.74) is 6.82. The second kappa shape index (κ2) is 10.2. The van der Waals surface area contributed by atoms with E-state index >= 15 is 0 Å². The van der Waals surface area contributed by atoms with Gasteiger partial charge >= 0.3 is 0 Å². The number of piperazine rings is 1. The number of imidazole rings is 1. The minimum atomic E-state index is -0.201. The fourth-order valence-electron chi connectivity index (χ4n) is 6.94. The number of carbonyl (C=O) groups excluding carboxylic acids is 1. The van der Waals surface area contributed by atoms with Crippen molar-refractivity contribution < 1.29 is 9.53 Å². The zero-order valence-electron chi connectivity index (χ0n) is 24.3. The molecule has 214 valence electrons. The van der Waals surface area contributed by atoms with Crippen LogP contribution in [0.15, 0.2) is 30.3 Å². The van der Waals surface area contributed by atoms with Crippen LogP contribution in [0, 0.1) is 25.7 Å².